The van der Waals surface area contributed by atoms with E-state index in [2.05, 4.69) is 15.3 Å². The zero-order chi connectivity index (χ0) is 16.3. The fourth-order valence-electron chi connectivity index (χ4n) is 2.31. The Labute approximate surface area is 136 Å². The molecule has 0 unspecified atom stereocenters. The predicted octanol–water partition coefficient (Wildman–Crippen LogP) is 3.25. The number of hydrogen-bond donors (Lipinski definition) is 1. The van der Waals surface area contributed by atoms with Crippen molar-refractivity contribution in [3.8, 4) is 0 Å². The van der Waals surface area contributed by atoms with Crippen molar-refractivity contribution in [1.29, 1.82) is 0 Å². The van der Waals surface area contributed by atoms with Crippen molar-refractivity contribution in [2.75, 3.05) is 18.4 Å². The summed E-state index contributed by atoms with van der Waals surface area (Å²) >= 11 is 5.93. The molecule has 122 valence electrons. The van der Waals surface area contributed by atoms with Gasteiger partial charge in [-0.25, -0.2) is 14.8 Å². The quantitative estimate of drug-likeness (QED) is 0.845. The van der Waals surface area contributed by atoms with Crippen molar-refractivity contribution in [1.82, 2.24) is 14.9 Å². The van der Waals surface area contributed by atoms with E-state index in [0.717, 1.165) is 18.5 Å². The van der Waals surface area contributed by atoms with Crippen LogP contribution in [0.4, 0.5) is 10.7 Å². The number of rotatable bonds is 2. The number of amides is 1. The van der Waals surface area contributed by atoms with Crippen molar-refractivity contribution >= 4 is 23.6 Å². The number of carbonyl (C=O) groups is 1. The average Bonchev–Trinajstić information content (AvgIpc) is 2.36. The molecule has 1 fully saturated rings. The van der Waals surface area contributed by atoms with E-state index in [1.54, 1.807) is 11.0 Å². The Morgan fingerprint density at radius 1 is 1.36 bits per heavy atom. The van der Waals surface area contributed by atoms with Crippen LogP contribution in [0.25, 0.3) is 0 Å². The Morgan fingerprint density at radius 3 is 2.55 bits per heavy atom. The lowest BCUT2D eigenvalue weighted by Crippen LogP contribution is -2.44. The van der Waals surface area contributed by atoms with Gasteiger partial charge in [0.25, 0.3) is 0 Å². The summed E-state index contributed by atoms with van der Waals surface area (Å²) in [6.45, 7) is 8.82. The predicted molar refractivity (Wildman–Crippen MR) is 86.2 cm³/mol. The number of halogens is 1. The third kappa shape index (κ3) is 5.02. The van der Waals surface area contributed by atoms with E-state index in [1.807, 2.05) is 27.7 Å². The number of nitrogens with zero attached hydrogens (tertiary/aromatic N) is 3. The van der Waals surface area contributed by atoms with Gasteiger partial charge in [-0.15, -0.1) is 0 Å². The highest BCUT2D eigenvalue weighted by molar-refractivity contribution is 6.29. The molecule has 0 spiro atoms. The molecule has 0 aromatic carbocycles. The van der Waals surface area contributed by atoms with Gasteiger partial charge in [-0.2, -0.15) is 0 Å². The molecule has 0 atom stereocenters. The minimum atomic E-state index is -0.460. The van der Waals surface area contributed by atoms with Crippen molar-refractivity contribution in [2.45, 2.75) is 52.2 Å². The zero-order valence-corrected chi connectivity index (χ0v) is 14.3. The number of hydrogen-bond acceptors (Lipinski definition) is 5. The lowest BCUT2D eigenvalue weighted by atomic mass is 10.1. The van der Waals surface area contributed by atoms with E-state index in [-0.39, 0.29) is 12.1 Å². The summed E-state index contributed by atoms with van der Waals surface area (Å²) in [5.41, 5.74) is 0.368. The fraction of sp³-hybridized carbons (Fsp3) is 0.667. The summed E-state index contributed by atoms with van der Waals surface area (Å²) in [6, 6.07) is 1.95. The SMILES string of the molecule is Cc1cc(Cl)nc(NC2CCN(C(=O)OC(C)(C)C)CC2)n1. The third-order valence-corrected chi connectivity index (χ3v) is 3.50. The van der Waals surface area contributed by atoms with Crippen LogP contribution in [0.2, 0.25) is 5.15 Å². The normalized spacial score (nSPS) is 16.5. The van der Waals surface area contributed by atoms with Crippen LogP contribution in [-0.4, -0.2) is 45.7 Å². The van der Waals surface area contributed by atoms with E-state index in [9.17, 15) is 4.79 Å². The van der Waals surface area contributed by atoms with Crippen LogP contribution >= 0.6 is 11.6 Å². The minimum Gasteiger partial charge on any atom is -0.444 e. The monoisotopic (exact) mass is 326 g/mol. The molecule has 1 aromatic rings. The van der Waals surface area contributed by atoms with Gasteiger partial charge in [0.05, 0.1) is 0 Å². The van der Waals surface area contributed by atoms with Crippen LogP contribution in [-0.2, 0) is 4.74 Å². The highest BCUT2D eigenvalue weighted by Crippen LogP contribution is 2.18. The number of ether oxygens (including phenoxy) is 1. The molecule has 22 heavy (non-hydrogen) atoms. The minimum absolute atomic E-state index is 0.233. The van der Waals surface area contributed by atoms with Crippen LogP contribution in [0, 0.1) is 6.92 Å². The second-order valence-corrected chi connectivity index (χ2v) is 6.93. The molecule has 1 N–H and O–H groups in total. The highest BCUT2D eigenvalue weighted by Gasteiger charge is 2.27. The van der Waals surface area contributed by atoms with Crippen molar-refractivity contribution < 1.29 is 9.53 Å². The Balaban J connectivity index is 1.86. The van der Waals surface area contributed by atoms with Crippen LogP contribution in [0.5, 0.6) is 0 Å². The largest absolute Gasteiger partial charge is 0.444 e. The van der Waals surface area contributed by atoms with E-state index in [0.29, 0.717) is 24.2 Å². The van der Waals surface area contributed by atoms with Crippen LogP contribution in [0.15, 0.2) is 6.07 Å². The Bertz CT molecular complexity index is 517. The smallest absolute Gasteiger partial charge is 0.410 e. The van der Waals surface area contributed by atoms with E-state index in [1.165, 1.54) is 0 Å². The van der Waals surface area contributed by atoms with Crippen LogP contribution < -0.4 is 5.32 Å². The first-order valence-electron chi connectivity index (χ1n) is 7.48. The fourth-order valence-corrected chi connectivity index (χ4v) is 2.55. The molecule has 0 radical (unpaired) electrons. The first kappa shape index (κ1) is 16.8. The molecule has 0 bridgehead atoms. The third-order valence-electron chi connectivity index (χ3n) is 3.30. The Hall–Kier alpha value is -1.56. The Kier molecular flexibility index (Phi) is 5.11. The number of piperidine rings is 1. The van der Waals surface area contributed by atoms with E-state index < -0.39 is 5.60 Å². The van der Waals surface area contributed by atoms with Gasteiger partial charge in [0, 0.05) is 24.8 Å². The van der Waals surface area contributed by atoms with Crippen molar-refractivity contribution in [3.05, 3.63) is 16.9 Å². The summed E-state index contributed by atoms with van der Waals surface area (Å²) < 4.78 is 5.39. The molecular formula is C15H23ClN4O2. The highest BCUT2D eigenvalue weighted by atomic mass is 35.5. The van der Waals surface area contributed by atoms with Gasteiger partial charge in [0.15, 0.2) is 0 Å². The number of aromatic nitrogens is 2. The summed E-state index contributed by atoms with van der Waals surface area (Å²) in [4.78, 5) is 22.2. The summed E-state index contributed by atoms with van der Waals surface area (Å²) in [5, 5.41) is 3.72. The van der Waals surface area contributed by atoms with Crippen molar-refractivity contribution in [2.24, 2.45) is 0 Å². The second kappa shape index (κ2) is 6.69. The van der Waals surface area contributed by atoms with E-state index in [4.69, 9.17) is 16.3 Å². The lowest BCUT2D eigenvalue weighted by molar-refractivity contribution is 0.0210. The van der Waals surface area contributed by atoms with Gasteiger partial charge in [0.1, 0.15) is 10.8 Å². The number of likely N-dealkylation sites (tertiary alicyclic amines) is 1. The first-order chi connectivity index (χ1) is 10.2. The summed E-state index contributed by atoms with van der Waals surface area (Å²) in [6.07, 6.45) is 1.41. The topological polar surface area (TPSA) is 67.4 Å². The molecule has 0 aliphatic carbocycles. The maximum atomic E-state index is 12.0. The molecule has 1 aliphatic heterocycles. The number of carbonyl (C=O) groups excluding carboxylic acids is 1. The molecular weight excluding hydrogens is 304 g/mol. The average molecular weight is 327 g/mol. The van der Waals surface area contributed by atoms with Gasteiger partial charge in [-0.05, 0) is 46.6 Å². The summed E-state index contributed by atoms with van der Waals surface area (Å²) in [7, 11) is 0. The molecule has 1 saturated heterocycles. The number of nitrogens with one attached hydrogen (secondary N) is 1. The number of aryl methyl sites for hydroxylation is 1. The van der Waals surface area contributed by atoms with Gasteiger partial charge in [-0.1, -0.05) is 11.6 Å². The maximum Gasteiger partial charge on any atom is 0.410 e. The van der Waals surface area contributed by atoms with Crippen LogP contribution in [0.1, 0.15) is 39.3 Å². The second-order valence-electron chi connectivity index (χ2n) is 6.54. The van der Waals surface area contributed by atoms with Crippen molar-refractivity contribution in [3.63, 3.8) is 0 Å². The summed E-state index contributed by atoms with van der Waals surface area (Å²) in [5.74, 6) is 0.542. The molecule has 7 heteroatoms. The van der Waals surface area contributed by atoms with Gasteiger partial charge >= 0.3 is 6.09 Å². The Morgan fingerprint density at radius 2 is 2.00 bits per heavy atom. The van der Waals surface area contributed by atoms with E-state index >= 15 is 0 Å². The molecule has 2 rings (SSSR count). The molecule has 1 amide bonds. The van der Waals surface area contributed by atoms with Gasteiger partial charge in [-0.3, -0.25) is 0 Å². The standard InChI is InChI=1S/C15H23ClN4O2/c1-10-9-12(16)19-13(17-10)18-11-5-7-20(8-6-11)14(21)22-15(2,3)4/h9,11H,5-8H2,1-4H3,(H,17,18,19). The molecule has 1 aliphatic rings. The first-order valence-corrected chi connectivity index (χ1v) is 7.86. The maximum absolute atomic E-state index is 12.0. The lowest BCUT2D eigenvalue weighted by Gasteiger charge is -2.33. The molecule has 1 aromatic heterocycles. The van der Waals surface area contributed by atoms with Crippen LogP contribution in [0.3, 0.4) is 0 Å². The van der Waals surface area contributed by atoms with Gasteiger partial charge in [0.2, 0.25) is 5.95 Å². The molecule has 6 nitrogen and oxygen atoms in total. The number of anilines is 1. The molecule has 2 heterocycles. The molecule has 0 saturated carbocycles. The zero-order valence-electron chi connectivity index (χ0n) is 13.5. The van der Waals surface area contributed by atoms with Gasteiger partial charge < -0.3 is 15.0 Å².